The van der Waals surface area contributed by atoms with Crippen molar-refractivity contribution in [2.75, 3.05) is 7.05 Å². The van der Waals surface area contributed by atoms with Gasteiger partial charge >= 0.3 is 0 Å². The summed E-state index contributed by atoms with van der Waals surface area (Å²) in [5.41, 5.74) is 5.27. The highest BCUT2D eigenvalue weighted by atomic mass is 35.5. The molecule has 1 saturated carbocycles. The Morgan fingerprint density at radius 2 is 2.10 bits per heavy atom. The van der Waals surface area contributed by atoms with Crippen molar-refractivity contribution in [3.63, 3.8) is 0 Å². The van der Waals surface area contributed by atoms with Gasteiger partial charge < -0.3 is 10.6 Å². The Labute approximate surface area is 134 Å². The maximum atomic E-state index is 12.8. The number of halogens is 1. The van der Waals surface area contributed by atoms with Gasteiger partial charge in [-0.25, -0.2) is 0 Å². The SMILES string of the molecule is CN(Cc1ccc(Cl)s1)C(=O)C1(C(N)=S)CCCCC1. The zero-order valence-corrected chi connectivity index (χ0v) is 13.9. The molecular formula is C14H19ClN2OS2. The molecule has 1 fully saturated rings. The van der Waals surface area contributed by atoms with Crippen molar-refractivity contribution in [1.82, 2.24) is 4.90 Å². The highest BCUT2D eigenvalue weighted by Crippen LogP contribution is 2.38. The van der Waals surface area contributed by atoms with Gasteiger partial charge in [0.05, 0.1) is 21.3 Å². The lowest BCUT2D eigenvalue weighted by molar-refractivity contribution is -0.138. The first-order valence-corrected chi connectivity index (χ1v) is 8.36. The van der Waals surface area contributed by atoms with Crippen molar-refractivity contribution < 1.29 is 4.79 Å². The molecule has 0 aromatic carbocycles. The van der Waals surface area contributed by atoms with E-state index in [1.807, 2.05) is 19.2 Å². The summed E-state index contributed by atoms with van der Waals surface area (Å²) in [7, 11) is 1.81. The summed E-state index contributed by atoms with van der Waals surface area (Å²) < 4.78 is 0.738. The van der Waals surface area contributed by atoms with Gasteiger partial charge in [-0.1, -0.05) is 43.1 Å². The predicted molar refractivity (Wildman–Crippen MR) is 88.1 cm³/mol. The van der Waals surface area contributed by atoms with E-state index < -0.39 is 5.41 Å². The number of carbonyl (C=O) groups excluding carboxylic acids is 1. The van der Waals surface area contributed by atoms with E-state index in [9.17, 15) is 4.79 Å². The highest BCUT2D eigenvalue weighted by Gasteiger charge is 2.43. The molecule has 1 aliphatic rings. The van der Waals surface area contributed by atoms with E-state index in [0.29, 0.717) is 11.5 Å². The molecule has 1 aromatic heterocycles. The summed E-state index contributed by atoms with van der Waals surface area (Å²) in [4.78, 5) is 15.9. The van der Waals surface area contributed by atoms with Crippen LogP contribution in [0.25, 0.3) is 0 Å². The maximum Gasteiger partial charge on any atom is 0.235 e. The predicted octanol–water partition coefficient (Wildman–Crippen LogP) is 3.60. The lowest BCUT2D eigenvalue weighted by Crippen LogP contribution is -2.50. The van der Waals surface area contributed by atoms with E-state index in [-0.39, 0.29) is 5.91 Å². The van der Waals surface area contributed by atoms with Crippen LogP contribution >= 0.6 is 35.2 Å². The summed E-state index contributed by atoms with van der Waals surface area (Å²) in [6.07, 6.45) is 4.73. The van der Waals surface area contributed by atoms with Gasteiger partial charge in [0.25, 0.3) is 0 Å². The molecule has 0 saturated heterocycles. The lowest BCUT2D eigenvalue weighted by Gasteiger charge is -2.37. The number of hydrogen-bond donors (Lipinski definition) is 1. The Hall–Kier alpha value is -0.650. The summed E-state index contributed by atoms with van der Waals surface area (Å²) in [6, 6.07) is 3.80. The number of rotatable bonds is 4. The Morgan fingerprint density at radius 3 is 2.60 bits per heavy atom. The molecule has 0 aliphatic heterocycles. The molecule has 0 radical (unpaired) electrons. The standard InChI is InChI=1S/C14H19ClN2OS2/c1-17(9-10-5-6-11(15)20-10)13(18)14(12(16)19)7-3-2-4-8-14/h5-6H,2-4,7-9H2,1H3,(H2,16,19). The zero-order valence-electron chi connectivity index (χ0n) is 11.5. The van der Waals surface area contributed by atoms with Gasteiger partial charge in [-0.2, -0.15) is 0 Å². The minimum atomic E-state index is -0.636. The van der Waals surface area contributed by atoms with Crippen LogP contribution in [0.15, 0.2) is 12.1 Å². The summed E-state index contributed by atoms with van der Waals surface area (Å²) in [5, 5.41) is 0. The second-order valence-electron chi connectivity index (χ2n) is 5.37. The first kappa shape index (κ1) is 15.7. The smallest absolute Gasteiger partial charge is 0.235 e. The zero-order chi connectivity index (χ0) is 14.8. The number of hydrogen-bond acceptors (Lipinski definition) is 3. The largest absolute Gasteiger partial charge is 0.392 e. The normalized spacial score (nSPS) is 17.7. The quantitative estimate of drug-likeness (QED) is 0.858. The molecule has 6 heteroatoms. The van der Waals surface area contributed by atoms with E-state index in [1.54, 1.807) is 4.90 Å². The molecule has 1 aliphatic carbocycles. The number of thiocarbonyl (C=S) groups is 1. The van der Waals surface area contributed by atoms with Crippen LogP contribution in [0.3, 0.4) is 0 Å². The molecule has 1 aromatic rings. The van der Waals surface area contributed by atoms with Gasteiger partial charge in [0, 0.05) is 11.9 Å². The fourth-order valence-electron chi connectivity index (χ4n) is 2.83. The second-order valence-corrected chi connectivity index (χ2v) is 7.61. The van der Waals surface area contributed by atoms with Gasteiger partial charge in [-0.05, 0) is 25.0 Å². The number of carbonyl (C=O) groups is 1. The first-order valence-electron chi connectivity index (χ1n) is 6.75. The van der Waals surface area contributed by atoms with Crippen molar-refractivity contribution >= 4 is 46.1 Å². The van der Waals surface area contributed by atoms with E-state index >= 15 is 0 Å². The summed E-state index contributed by atoms with van der Waals surface area (Å²) >= 11 is 12.6. The monoisotopic (exact) mass is 330 g/mol. The Bertz CT molecular complexity index is 509. The third-order valence-corrected chi connectivity index (χ3v) is 5.56. The van der Waals surface area contributed by atoms with Crippen molar-refractivity contribution in [2.45, 2.75) is 38.6 Å². The molecule has 0 atom stereocenters. The van der Waals surface area contributed by atoms with Crippen LogP contribution in [0, 0.1) is 5.41 Å². The minimum Gasteiger partial charge on any atom is -0.392 e. The number of nitrogens with two attached hydrogens (primary N) is 1. The first-order chi connectivity index (χ1) is 9.45. The van der Waals surface area contributed by atoms with Crippen molar-refractivity contribution in [2.24, 2.45) is 11.1 Å². The van der Waals surface area contributed by atoms with Gasteiger partial charge in [0.15, 0.2) is 0 Å². The molecule has 0 unspecified atom stereocenters. The molecule has 20 heavy (non-hydrogen) atoms. The molecule has 110 valence electrons. The van der Waals surface area contributed by atoms with Crippen LogP contribution in [-0.2, 0) is 11.3 Å². The number of thiophene rings is 1. The van der Waals surface area contributed by atoms with Crippen molar-refractivity contribution in [3.8, 4) is 0 Å². The van der Waals surface area contributed by atoms with E-state index in [4.69, 9.17) is 29.6 Å². The van der Waals surface area contributed by atoms with Gasteiger partial charge in [-0.15, -0.1) is 11.3 Å². The number of nitrogens with zero attached hydrogens (tertiary/aromatic N) is 1. The Balaban J connectivity index is 2.12. The van der Waals surface area contributed by atoms with Gasteiger partial charge in [-0.3, -0.25) is 4.79 Å². The molecule has 3 nitrogen and oxygen atoms in total. The third kappa shape index (κ3) is 3.15. The van der Waals surface area contributed by atoms with Crippen LogP contribution in [0.4, 0.5) is 0 Å². The lowest BCUT2D eigenvalue weighted by atomic mass is 9.73. The molecular weight excluding hydrogens is 312 g/mol. The molecule has 2 N–H and O–H groups in total. The maximum absolute atomic E-state index is 12.8. The van der Waals surface area contributed by atoms with Crippen LogP contribution < -0.4 is 5.73 Å². The third-order valence-electron chi connectivity index (χ3n) is 3.96. The highest BCUT2D eigenvalue weighted by molar-refractivity contribution is 7.80. The van der Waals surface area contributed by atoms with E-state index in [1.165, 1.54) is 11.3 Å². The minimum absolute atomic E-state index is 0.0502. The fraction of sp³-hybridized carbons (Fsp3) is 0.571. The van der Waals surface area contributed by atoms with E-state index in [0.717, 1.165) is 41.3 Å². The van der Waals surface area contributed by atoms with Crippen molar-refractivity contribution in [3.05, 3.63) is 21.3 Å². The molecule has 0 bridgehead atoms. The molecule has 1 amide bonds. The summed E-state index contributed by atoms with van der Waals surface area (Å²) in [5.74, 6) is 0.0502. The number of amides is 1. The van der Waals surface area contributed by atoms with Crippen LogP contribution in [0.2, 0.25) is 4.34 Å². The summed E-state index contributed by atoms with van der Waals surface area (Å²) in [6.45, 7) is 0.556. The average molecular weight is 331 g/mol. The van der Waals surface area contributed by atoms with Crippen molar-refractivity contribution in [1.29, 1.82) is 0 Å². The Morgan fingerprint density at radius 1 is 1.45 bits per heavy atom. The van der Waals surface area contributed by atoms with Gasteiger partial charge in [0.1, 0.15) is 0 Å². The Kier molecular flexibility index (Phi) is 5.04. The van der Waals surface area contributed by atoms with Crippen LogP contribution in [0.5, 0.6) is 0 Å². The van der Waals surface area contributed by atoms with Gasteiger partial charge in [0.2, 0.25) is 5.91 Å². The molecule has 2 rings (SSSR count). The van der Waals surface area contributed by atoms with Crippen LogP contribution in [0.1, 0.15) is 37.0 Å². The molecule has 1 heterocycles. The van der Waals surface area contributed by atoms with Crippen LogP contribution in [-0.4, -0.2) is 22.8 Å². The average Bonchev–Trinajstić information content (AvgIpc) is 2.83. The topological polar surface area (TPSA) is 46.3 Å². The molecule has 0 spiro atoms. The fourth-order valence-corrected chi connectivity index (χ4v) is 4.26. The second kappa shape index (κ2) is 6.41. The van der Waals surface area contributed by atoms with E-state index in [2.05, 4.69) is 0 Å².